The van der Waals surface area contributed by atoms with E-state index in [1.54, 1.807) is 27.0 Å². The van der Waals surface area contributed by atoms with Crippen LogP contribution in [0.4, 0.5) is 0 Å². The Morgan fingerprint density at radius 2 is 1.56 bits per heavy atom. The summed E-state index contributed by atoms with van der Waals surface area (Å²) >= 11 is 0. The second-order valence-electron chi connectivity index (χ2n) is 10.2. The lowest BCUT2D eigenvalue weighted by Gasteiger charge is -2.29. The summed E-state index contributed by atoms with van der Waals surface area (Å²) in [6.45, 7) is 7.05. The first-order valence-electron chi connectivity index (χ1n) is 13.1. The van der Waals surface area contributed by atoms with Gasteiger partial charge in [-0.25, -0.2) is 4.79 Å². The average molecular weight is 545 g/mol. The van der Waals surface area contributed by atoms with Gasteiger partial charge in [0.25, 0.3) is 0 Å². The van der Waals surface area contributed by atoms with Crippen molar-refractivity contribution in [1.29, 1.82) is 0 Å². The Morgan fingerprint density at radius 3 is 2.15 bits per heavy atom. The SMILES string of the molecule is CCC(C)C(NC(=O)C(N)CCC(N)=O)C(=O)NC(C(=O)NC(Cc1c[nH]c2ccccc12)C(=O)O)C(C)C. The second-order valence-corrected chi connectivity index (χ2v) is 10.2. The predicted octanol–water partition coefficient (Wildman–Crippen LogP) is 0.544. The molecule has 5 unspecified atom stereocenters. The molecule has 2 rings (SSSR count). The molecule has 1 aromatic carbocycles. The first-order valence-corrected chi connectivity index (χ1v) is 13.1. The number of carboxylic acids is 1. The highest BCUT2D eigenvalue weighted by Gasteiger charge is 2.34. The number of aliphatic carboxylic acids is 1. The molecule has 214 valence electrons. The van der Waals surface area contributed by atoms with E-state index in [1.165, 1.54) is 0 Å². The zero-order valence-electron chi connectivity index (χ0n) is 22.8. The number of benzene rings is 1. The highest BCUT2D eigenvalue weighted by Crippen LogP contribution is 2.19. The zero-order chi connectivity index (χ0) is 29.3. The van der Waals surface area contributed by atoms with Crippen molar-refractivity contribution >= 4 is 40.5 Å². The number of aromatic amines is 1. The number of aromatic nitrogens is 1. The van der Waals surface area contributed by atoms with Crippen LogP contribution >= 0.6 is 0 Å². The number of hydrogen-bond donors (Lipinski definition) is 7. The number of amides is 4. The van der Waals surface area contributed by atoms with Crippen LogP contribution in [-0.4, -0.2) is 63.9 Å². The van der Waals surface area contributed by atoms with Crippen LogP contribution in [0.25, 0.3) is 10.9 Å². The standard InChI is InChI=1S/C27H40N6O6/c1-5-15(4)23(33-24(35)18(28)10-11-21(29)34)26(37)32-22(14(2)3)25(36)31-20(27(38)39)12-16-13-30-19-9-7-6-8-17(16)19/h6-9,13-15,18,20,22-23,30H,5,10-12,28H2,1-4H3,(H2,29,34)(H,31,36)(H,32,37)(H,33,35)(H,38,39). The number of rotatable bonds is 15. The molecule has 39 heavy (non-hydrogen) atoms. The van der Waals surface area contributed by atoms with Gasteiger partial charge in [0, 0.05) is 29.9 Å². The van der Waals surface area contributed by atoms with Crippen molar-refractivity contribution in [2.45, 2.75) is 77.5 Å². The summed E-state index contributed by atoms with van der Waals surface area (Å²) in [4.78, 5) is 65.2. The number of nitrogens with one attached hydrogen (secondary N) is 4. The van der Waals surface area contributed by atoms with Gasteiger partial charge in [0.1, 0.15) is 18.1 Å². The van der Waals surface area contributed by atoms with Crippen molar-refractivity contribution in [1.82, 2.24) is 20.9 Å². The number of primary amides is 1. The molecule has 1 heterocycles. The summed E-state index contributed by atoms with van der Waals surface area (Å²) in [5, 5.41) is 18.5. The molecule has 2 aromatic rings. The molecule has 0 radical (unpaired) electrons. The molecule has 0 aliphatic heterocycles. The molecule has 12 heteroatoms. The minimum Gasteiger partial charge on any atom is -0.480 e. The number of hydrogen-bond acceptors (Lipinski definition) is 6. The minimum absolute atomic E-state index is 0.0278. The third-order valence-corrected chi connectivity index (χ3v) is 6.79. The van der Waals surface area contributed by atoms with Crippen LogP contribution in [0.5, 0.6) is 0 Å². The van der Waals surface area contributed by atoms with E-state index in [1.807, 2.05) is 31.2 Å². The van der Waals surface area contributed by atoms with Crippen molar-refractivity contribution in [2.75, 3.05) is 0 Å². The molecule has 0 bridgehead atoms. The van der Waals surface area contributed by atoms with Crippen LogP contribution in [0.3, 0.4) is 0 Å². The Hall–Kier alpha value is -3.93. The fourth-order valence-corrected chi connectivity index (χ4v) is 4.15. The molecule has 12 nitrogen and oxygen atoms in total. The topological polar surface area (TPSA) is 209 Å². The molecular weight excluding hydrogens is 504 g/mol. The maximum atomic E-state index is 13.3. The van der Waals surface area contributed by atoms with Crippen LogP contribution in [0.2, 0.25) is 0 Å². The van der Waals surface area contributed by atoms with E-state index in [0.717, 1.165) is 16.5 Å². The maximum absolute atomic E-state index is 13.3. The normalized spacial score (nSPS) is 15.1. The van der Waals surface area contributed by atoms with Crippen LogP contribution in [0, 0.1) is 11.8 Å². The Bertz CT molecular complexity index is 1180. The van der Waals surface area contributed by atoms with Crippen molar-refractivity contribution in [3.63, 3.8) is 0 Å². The number of H-pyrrole nitrogens is 1. The van der Waals surface area contributed by atoms with Crippen LogP contribution in [0.1, 0.15) is 52.5 Å². The average Bonchev–Trinajstić information content (AvgIpc) is 3.30. The van der Waals surface area contributed by atoms with E-state index in [4.69, 9.17) is 11.5 Å². The molecule has 0 aliphatic rings. The Labute approximate surface area is 227 Å². The lowest BCUT2D eigenvalue weighted by Crippen LogP contribution is -2.60. The van der Waals surface area contributed by atoms with Gasteiger partial charge >= 0.3 is 5.97 Å². The second kappa shape index (κ2) is 14.3. The van der Waals surface area contributed by atoms with Gasteiger partial charge in [-0.15, -0.1) is 0 Å². The molecule has 9 N–H and O–H groups in total. The summed E-state index contributed by atoms with van der Waals surface area (Å²) in [5.74, 6) is -4.37. The van der Waals surface area contributed by atoms with Gasteiger partial charge in [-0.1, -0.05) is 52.3 Å². The van der Waals surface area contributed by atoms with E-state index >= 15 is 0 Å². The van der Waals surface area contributed by atoms with Crippen molar-refractivity contribution in [3.8, 4) is 0 Å². The number of carbonyl (C=O) groups is 5. The zero-order valence-corrected chi connectivity index (χ0v) is 22.8. The number of carboxylic acid groups (broad SMARTS) is 1. The van der Waals surface area contributed by atoms with E-state index < -0.39 is 53.8 Å². The van der Waals surface area contributed by atoms with Crippen molar-refractivity contribution in [3.05, 3.63) is 36.0 Å². The van der Waals surface area contributed by atoms with E-state index in [-0.39, 0.29) is 31.1 Å². The molecule has 0 saturated heterocycles. The Morgan fingerprint density at radius 1 is 0.949 bits per heavy atom. The summed E-state index contributed by atoms with van der Waals surface area (Å²) in [5.41, 5.74) is 12.6. The summed E-state index contributed by atoms with van der Waals surface area (Å²) < 4.78 is 0. The Balaban J connectivity index is 2.15. The molecule has 5 atom stereocenters. The number of nitrogens with two attached hydrogens (primary N) is 2. The highest BCUT2D eigenvalue weighted by molar-refractivity contribution is 5.94. The fourth-order valence-electron chi connectivity index (χ4n) is 4.15. The Kier molecular flexibility index (Phi) is 11.5. The molecule has 4 amide bonds. The highest BCUT2D eigenvalue weighted by atomic mass is 16.4. The third kappa shape index (κ3) is 8.81. The maximum Gasteiger partial charge on any atom is 0.326 e. The number of para-hydroxylation sites is 1. The van der Waals surface area contributed by atoms with Gasteiger partial charge in [0.05, 0.1) is 6.04 Å². The number of carbonyl (C=O) groups excluding carboxylic acids is 4. The molecule has 0 fully saturated rings. The molecule has 0 saturated carbocycles. The van der Waals surface area contributed by atoms with Gasteiger partial charge in [0.15, 0.2) is 0 Å². The van der Waals surface area contributed by atoms with E-state index in [2.05, 4.69) is 20.9 Å². The van der Waals surface area contributed by atoms with Crippen molar-refractivity contribution < 1.29 is 29.1 Å². The van der Waals surface area contributed by atoms with Crippen molar-refractivity contribution in [2.24, 2.45) is 23.3 Å². The van der Waals surface area contributed by atoms with E-state index in [0.29, 0.717) is 6.42 Å². The monoisotopic (exact) mass is 544 g/mol. The molecule has 0 spiro atoms. The largest absolute Gasteiger partial charge is 0.480 e. The van der Waals surface area contributed by atoms with Crippen LogP contribution in [-0.2, 0) is 30.4 Å². The molecular formula is C27H40N6O6. The lowest BCUT2D eigenvalue weighted by atomic mass is 9.95. The quantitative estimate of drug-likeness (QED) is 0.169. The van der Waals surface area contributed by atoms with E-state index in [9.17, 15) is 29.1 Å². The van der Waals surface area contributed by atoms with Gasteiger partial charge < -0.3 is 37.5 Å². The smallest absolute Gasteiger partial charge is 0.326 e. The summed E-state index contributed by atoms with van der Waals surface area (Å²) in [6, 6.07) is 3.10. The lowest BCUT2D eigenvalue weighted by molar-refractivity contribution is -0.142. The predicted molar refractivity (Wildman–Crippen MR) is 146 cm³/mol. The van der Waals surface area contributed by atoms with Gasteiger partial charge in [0.2, 0.25) is 23.6 Å². The van der Waals surface area contributed by atoms with Gasteiger partial charge in [-0.05, 0) is 29.9 Å². The van der Waals surface area contributed by atoms with Crippen LogP contribution in [0.15, 0.2) is 30.5 Å². The first kappa shape index (κ1) is 31.3. The molecule has 1 aromatic heterocycles. The summed E-state index contributed by atoms with van der Waals surface area (Å²) in [6.07, 6.45) is 2.24. The third-order valence-electron chi connectivity index (χ3n) is 6.79. The first-order chi connectivity index (χ1) is 18.3. The molecule has 0 aliphatic carbocycles. The summed E-state index contributed by atoms with van der Waals surface area (Å²) in [7, 11) is 0. The van der Waals surface area contributed by atoms with Gasteiger partial charge in [-0.3, -0.25) is 19.2 Å². The van der Waals surface area contributed by atoms with Crippen LogP contribution < -0.4 is 27.4 Å². The van der Waals surface area contributed by atoms with Gasteiger partial charge in [-0.2, -0.15) is 0 Å². The number of fused-ring (bicyclic) bond motifs is 1. The minimum atomic E-state index is -1.23. The fraction of sp³-hybridized carbons (Fsp3) is 0.519.